The molecule has 7 heteroatoms. The molecule has 18 heavy (non-hydrogen) atoms. The Morgan fingerprint density at radius 1 is 1.28 bits per heavy atom. The second-order valence-electron chi connectivity index (χ2n) is 3.40. The lowest BCUT2D eigenvalue weighted by Crippen LogP contribution is -2.21. The predicted octanol–water partition coefficient (Wildman–Crippen LogP) is 3.50. The number of thiazole rings is 1. The van der Waals surface area contributed by atoms with E-state index in [1.54, 1.807) is 24.4 Å². The molecule has 0 fully saturated rings. The number of nitrogens with one attached hydrogen (secondary N) is 2. The second kappa shape index (κ2) is 6.04. The first-order valence-electron chi connectivity index (χ1n) is 5.03. The third-order valence-corrected chi connectivity index (χ3v) is 3.15. The number of hydrogen-bond donors (Lipinski definition) is 2. The molecule has 0 atom stereocenters. The summed E-state index contributed by atoms with van der Waals surface area (Å²) in [6, 6.07) is 4.87. The van der Waals surface area contributed by atoms with Crippen LogP contribution in [0.25, 0.3) is 0 Å². The summed E-state index contributed by atoms with van der Waals surface area (Å²) in [4.78, 5) is 15.7. The molecule has 1 aromatic heterocycles. The first-order chi connectivity index (χ1) is 8.63. The van der Waals surface area contributed by atoms with Gasteiger partial charge in [0.15, 0.2) is 5.13 Å². The van der Waals surface area contributed by atoms with Gasteiger partial charge in [-0.2, -0.15) is 0 Å². The molecule has 0 aliphatic rings. The molecule has 2 aromatic rings. The van der Waals surface area contributed by atoms with Crippen molar-refractivity contribution in [3.05, 3.63) is 39.8 Å². The fourth-order valence-corrected chi connectivity index (χ4v) is 2.35. The number of halogens is 2. The molecule has 2 rings (SSSR count). The molecule has 94 valence electrons. The van der Waals surface area contributed by atoms with Crippen molar-refractivity contribution in [1.29, 1.82) is 0 Å². The van der Waals surface area contributed by atoms with Gasteiger partial charge >= 0.3 is 0 Å². The Morgan fingerprint density at radius 3 is 2.61 bits per heavy atom. The van der Waals surface area contributed by atoms with E-state index in [2.05, 4.69) is 15.6 Å². The van der Waals surface area contributed by atoms with Crippen molar-refractivity contribution in [3.8, 4) is 0 Å². The van der Waals surface area contributed by atoms with Crippen LogP contribution in [0.3, 0.4) is 0 Å². The third-order valence-electron chi connectivity index (χ3n) is 1.98. The van der Waals surface area contributed by atoms with Crippen molar-refractivity contribution >= 4 is 51.3 Å². The highest BCUT2D eigenvalue weighted by molar-refractivity contribution is 7.13. The summed E-state index contributed by atoms with van der Waals surface area (Å²) in [6.45, 7) is 0.137. The van der Waals surface area contributed by atoms with E-state index in [1.165, 1.54) is 11.3 Å². The van der Waals surface area contributed by atoms with E-state index in [0.29, 0.717) is 20.9 Å². The molecule has 0 radical (unpaired) electrons. The van der Waals surface area contributed by atoms with Crippen LogP contribution in [0.5, 0.6) is 0 Å². The molecule has 1 amide bonds. The molecule has 4 nitrogen and oxygen atoms in total. The Labute approximate surface area is 118 Å². The van der Waals surface area contributed by atoms with Gasteiger partial charge in [0.1, 0.15) is 0 Å². The van der Waals surface area contributed by atoms with Crippen LogP contribution in [0.2, 0.25) is 10.0 Å². The fraction of sp³-hybridized carbons (Fsp3) is 0.0909. The minimum atomic E-state index is -0.191. The zero-order chi connectivity index (χ0) is 13.0. The van der Waals surface area contributed by atoms with E-state index in [9.17, 15) is 4.79 Å². The Hall–Kier alpha value is -1.30. The fourth-order valence-electron chi connectivity index (χ4n) is 1.30. The number of aromatic nitrogens is 1. The summed E-state index contributed by atoms with van der Waals surface area (Å²) in [7, 11) is 0. The normalized spacial score (nSPS) is 10.1. The Balaban J connectivity index is 1.90. The lowest BCUT2D eigenvalue weighted by atomic mass is 10.3. The van der Waals surface area contributed by atoms with E-state index in [0.717, 1.165) is 0 Å². The van der Waals surface area contributed by atoms with Crippen LogP contribution < -0.4 is 10.6 Å². The summed E-state index contributed by atoms with van der Waals surface area (Å²) < 4.78 is 0. The van der Waals surface area contributed by atoms with Crippen molar-refractivity contribution in [2.24, 2.45) is 0 Å². The van der Waals surface area contributed by atoms with Gasteiger partial charge in [-0.1, -0.05) is 23.2 Å². The van der Waals surface area contributed by atoms with Crippen molar-refractivity contribution in [2.45, 2.75) is 0 Å². The zero-order valence-electron chi connectivity index (χ0n) is 9.11. The van der Waals surface area contributed by atoms with Crippen molar-refractivity contribution in [3.63, 3.8) is 0 Å². The van der Waals surface area contributed by atoms with Gasteiger partial charge in [-0.25, -0.2) is 4.98 Å². The van der Waals surface area contributed by atoms with Crippen molar-refractivity contribution < 1.29 is 4.79 Å². The molecule has 0 bridgehead atoms. The molecule has 0 aliphatic carbocycles. The lowest BCUT2D eigenvalue weighted by molar-refractivity contribution is -0.114. The first-order valence-corrected chi connectivity index (χ1v) is 6.66. The van der Waals surface area contributed by atoms with Crippen LogP contribution >= 0.6 is 34.5 Å². The van der Waals surface area contributed by atoms with Gasteiger partial charge in [0.05, 0.1) is 6.54 Å². The number of amides is 1. The average molecular weight is 302 g/mol. The predicted molar refractivity (Wildman–Crippen MR) is 75.7 cm³/mol. The molecule has 2 N–H and O–H groups in total. The summed E-state index contributed by atoms with van der Waals surface area (Å²) in [5.74, 6) is -0.191. The quantitative estimate of drug-likeness (QED) is 0.909. The number of anilines is 2. The Bertz CT molecular complexity index is 525. The van der Waals surface area contributed by atoms with Gasteiger partial charge in [0.25, 0.3) is 0 Å². The largest absolute Gasteiger partial charge is 0.352 e. The maximum Gasteiger partial charge on any atom is 0.243 e. The second-order valence-corrected chi connectivity index (χ2v) is 5.16. The van der Waals surface area contributed by atoms with Crippen LogP contribution in [0.15, 0.2) is 29.8 Å². The smallest absolute Gasteiger partial charge is 0.243 e. The van der Waals surface area contributed by atoms with Gasteiger partial charge < -0.3 is 10.6 Å². The van der Waals surface area contributed by atoms with Gasteiger partial charge in [0, 0.05) is 27.3 Å². The zero-order valence-corrected chi connectivity index (χ0v) is 11.4. The number of rotatable bonds is 4. The van der Waals surface area contributed by atoms with Crippen molar-refractivity contribution in [2.75, 3.05) is 17.2 Å². The van der Waals surface area contributed by atoms with Crippen molar-refractivity contribution in [1.82, 2.24) is 4.98 Å². The number of carbonyl (C=O) groups excluding carboxylic acids is 1. The number of carbonyl (C=O) groups is 1. The highest BCUT2D eigenvalue weighted by atomic mass is 35.5. The van der Waals surface area contributed by atoms with Crippen LogP contribution in [0.1, 0.15) is 0 Å². The molecule has 0 spiro atoms. The summed E-state index contributed by atoms with van der Waals surface area (Å²) in [5.41, 5.74) is 0.568. The monoisotopic (exact) mass is 301 g/mol. The highest BCUT2D eigenvalue weighted by Gasteiger charge is 2.04. The van der Waals surface area contributed by atoms with Gasteiger partial charge in [0.2, 0.25) is 5.91 Å². The van der Waals surface area contributed by atoms with Crippen LogP contribution in [0.4, 0.5) is 10.8 Å². The van der Waals surface area contributed by atoms with Crippen LogP contribution in [-0.2, 0) is 4.79 Å². The SMILES string of the molecule is O=C(CNc1nccs1)Nc1cc(Cl)cc(Cl)c1. The molecule has 1 heterocycles. The van der Waals surface area contributed by atoms with Gasteiger partial charge in [-0.15, -0.1) is 11.3 Å². The average Bonchev–Trinajstić information content (AvgIpc) is 2.77. The molecular weight excluding hydrogens is 293 g/mol. The molecule has 0 unspecified atom stereocenters. The number of nitrogens with zero attached hydrogens (tertiary/aromatic N) is 1. The van der Waals surface area contributed by atoms with E-state index in [4.69, 9.17) is 23.2 Å². The molecule has 1 aromatic carbocycles. The summed E-state index contributed by atoms with van der Waals surface area (Å²) in [6.07, 6.45) is 1.67. The maximum atomic E-state index is 11.6. The summed E-state index contributed by atoms with van der Waals surface area (Å²) in [5, 5.41) is 9.08. The Morgan fingerprint density at radius 2 is 2.00 bits per heavy atom. The van der Waals surface area contributed by atoms with Crippen LogP contribution in [0, 0.1) is 0 Å². The maximum absolute atomic E-state index is 11.6. The molecule has 0 saturated heterocycles. The van der Waals surface area contributed by atoms with E-state index >= 15 is 0 Å². The van der Waals surface area contributed by atoms with E-state index in [1.807, 2.05) is 5.38 Å². The van der Waals surface area contributed by atoms with Crippen LogP contribution in [-0.4, -0.2) is 17.4 Å². The standard InChI is InChI=1S/C11H9Cl2N3OS/c12-7-3-8(13)5-9(4-7)16-10(17)6-15-11-14-1-2-18-11/h1-5H,6H2,(H,14,15)(H,16,17). The Kier molecular flexibility index (Phi) is 4.41. The number of hydrogen-bond acceptors (Lipinski definition) is 4. The molecule has 0 saturated carbocycles. The lowest BCUT2D eigenvalue weighted by Gasteiger charge is -2.06. The first kappa shape index (κ1) is 13.1. The minimum absolute atomic E-state index is 0.137. The minimum Gasteiger partial charge on any atom is -0.352 e. The van der Waals surface area contributed by atoms with Gasteiger partial charge in [-0.3, -0.25) is 4.79 Å². The summed E-state index contributed by atoms with van der Waals surface area (Å²) >= 11 is 13.1. The van der Waals surface area contributed by atoms with E-state index < -0.39 is 0 Å². The van der Waals surface area contributed by atoms with Gasteiger partial charge in [-0.05, 0) is 18.2 Å². The topological polar surface area (TPSA) is 54.0 Å². The molecule has 0 aliphatic heterocycles. The third kappa shape index (κ3) is 3.87. The molecular formula is C11H9Cl2N3OS. The highest BCUT2D eigenvalue weighted by Crippen LogP contribution is 2.22. The number of benzene rings is 1. The van der Waals surface area contributed by atoms with E-state index in [-0.39, 0.29) is 12.5 Å².